The van der Waals surface area contributed by atoms with Crippen molar-refractivity contribution in [2.24, 2.45) is 0 Å². The highest BCUT2D eigenvalue weighted by Gasteiger charge is 2.11. The minimum absolute atomic E-state index is 0.261. The van der Waals surface area contributed by atoms with Crippen molar-refractivity contribution < 1.29 is 13.6 Å². The van der Waals surface area contributed by atoms with Gasteiger partial charge in [-0.05, 0) is 24.3 Å². The van der Waals surface area contributed by atoms with E-state index in [0.717, 1.165) is 17.3 Å². The molecule has 3 aromatic rings. The first kappa shape index (κ1) is 11.7. The van der Waals surface area contributed by atoms with Crippen LogP contribution in [0, 0.1) is 0 Å². The van der Waals surface area contributed by atoms with E-state index in [9.17, 15) is 4.79 Å². The molecule has 94 valence electrons. The summed E-state index contributed by atoms with van der Waals surface area (Å²) in [4.78, 5) is 14.4. The number of carbonyl (C=O) groups excluding carboxylic acids is 1. The van der Waals surface area contributed by atoms with Crippen LogP contribution in [0.3, 0.4) is 0 Å². The summed E-state index contributed by atoms with van der Waals surface area (Å²) in [7, 11) is 0. The molecule has 0 atom stereocenters. The van der Waals surface area contributed by atoms with Gasteiger partial charge in [-0.15, -0.1) is 10.2 Å². The van der Waals surface area contributed by atoms with Crippen LogP contribution in [-0.4, -0.2) is 21.5 Å². The molecule has 0 bridgehead atoms. The van der Waals surface area contributed by atoms with E-state index in [-0.39, 0.29) is 5.76 Å². The summed E-state index contributed by atoms with van der Waals surface area (Å²) < 4.78 is 10.7. The maximum atomic E-state index is 10.5. The van der Waals surface area contributed by atoms with E-state index >= 15 is 0 Å². The Bertz CT molecular complexity index is 693. The van der Waals surface area contributed by atoms with Crippen molar-refractivity contribution in [2.45, 2.75) is 10.3 Å². The van der Waals surface area contributed by atoms with Gasteiger partial charge in [-0.1, -0.05) is 0 Å². The zero-order valence-corrected chi connectivity index (χ0v) is 10.3. The third kappa shape index (κ3) is 2.55. The molecule has 0 radical (unpaired) electrons. The quantitative estimate of drug-likeness (QED) is 0.676. The van der Waals surface area contributed by atoms with Crippen LogP contribution in [0.1, 0.15) is 10.6 Å². The van der Waals surface area contributed by atoms with Gasteiger partial charge in [0.05, 0.1) is 0 Å². The molecular weight excluding hydrogens is 266 g/mol. The molecule has 0 saturated carbocycles. The molecule has 19 heavy (non-hydrogen) atoms. The average molecular weight is 273 g/mol. The smallest absolute Gasteiger partial charge is 0.284 e. The zero-order valence-electron chi connectivity index (χ0n) is 9.52. The zero-order chi connectivity index (χ0) is 13.1. The van der Waals surface area contributed by atoms with Crippen LogP contribution < -0.4 is 0 Å². The highest BCUT2D eigenvalue weighted by molar-refractivity contribution is 7.99. The Morgan fingerprint density at radius 1 is 1.05 bits per heavy atom. The van der Waals surface area contributed by atoms with E-state index in [1.54, 1.807) is 36.7 Å². The van der Waals surface area contributed by atoms with Crippen LogP contribution in [-0.2, 0) is 0 Å². The monoisotopic (exact) mass is 273 g/mol. The Balaban J connectivity index is 1.80. The normalized spacial score (nSPS) is 10.5. The fourth-order valence-corrected chi connectivity index (χ4v) is 2.05. The maximum Gasteiger partial charge on any atom is 0.284 e. The molecule has 7 heteroatoms. The van der Waals surface area contributed by atoms with Gasteiger partial charge in [-0.2, -0.15) is 0 Å². The average Bonchev–Trinajstić information content (AvgIpc) is 3.09. The van der Waals surface area contributed by atoms with Crippen LogP contribution in [0.2, 0.25) is 0 Å². The predicted octanol–water partition coefficient (Wildman–Crippen LogP) is 2.69. The molecule has 0 aromatic carbocycles. The molecule has 3 heterocycles. The topological polar surface area (TPSA) is 82.0 Å². The van der Waals surface area contributed by atoms with Gasteiger partial charge in [0, 0.05) is 29.7 Å². The molecule has 0 amide bonds. The van der Waals surface area contributed by atoms with Crippen LogP contribution in [0.5, 0.6) is 0 Å². The van der Waals surface area contributed by atoms with Crippen LogP contribution in [0.4, 0.5) is 0 Å². The van der Waals surface area contributed by atoms with E-state index in [2.05, 4.69) is 15.2 Å². The lowest BCUT2D eigenvalue weighted by molar-refractivity contribution is 0.109. The standard InChI is InChI=1S/C12H7N3O3S/c16-7-9-1-2-10(17-9)19-12-15-14-11(18-12)8-3-5-13-6-4-8/h1-7H. The van der Waals surface area contributed by atoms with Gasteiger partial charge in [-0.3, -0.25) is 9.78 Å². The molecule has 0 aliphatic rings. The number of nitrogens with zero attached hydrogens (tertiary/aromatic N) is 3. The van der Waals surface area contributed by atoms with Crippen molar-refractivity contribution in [1.29, 1.82) is 0 Å². The maximum absolute atomic E-state index is 10.5. The fraction of sp³-hybridized carbons (Fsp3) is 0. The molecule has 0 fully saturated rings. The first-order chi connectivity index (χ1) is 9.35. The summed E-state index contributed by atoms with van der Waals surface area (Å²) >= 11 is 1.16. The second-order valence-corrected chi connectivity index (χ2v) is 4.44. The van der Waals surface area contributed by atoms with E-state index in [0.29, 0.717) is 22.5 Å². The number of carbonyl (C=O) groups is 1. The Morgan fingerprint density at radius 2 is 1.89 bits per heavy atom. The van der Waals surface area contributed by atoms with E-state index < -0.39 is 0 Å². The second kappa shape index (κ2) is 5.07. The fourth-order valence-electron chi connectivity index (χ4n) is 1.40. The predicted molar refractivity (Wildman–Crippen MR) is 65.7 cm³/mol. The number of pyridine rings is 1. The summed E-state index contributed by atoms with van der Waals surface area (Å²) in [5, 5.41) is 8.70. The summed E-state index contributed by atoms with van der Waals surface area (Å²) in [5.41, 5.74) is 0.794. The van der Waals surface area contributed by atoms with Gasteiger partial charge in [-0.25, -0.2) is 0 Å². The highest BCUT2D eigenvalue weighted by Crippen LogP contribution is 2.29. The largest absolute Gasteiger partial charge is 0.447 e. The molecule has 0 aliphatic heterocycles. The van der Waals surface area contributed by atoms with Crippen molar-refractivity contribution in [2.75, 3.05) is 0 Å². The van der Waals surface area contributed by atoms with E-state index in [1.807, 2.05) is 0 Å². The summed E-state index contributed by atoms with van der Waals surface area (Å²) in [6, 6.07) is 6.80. The molecule has 3 aromatic heterocycles. The van der Waals surface area contributed by atoms with Crippen molar-refractivity contribution in [3.8, 4) is 11.5 Å². The van der Waals surface area contributed by atoms with Crippen LogP contribution >= 0.6 is 11.8 Å². The van der Waals surface area contributed by atoms with Crippen molar-refractivity contribution in [3.63, 3.8) is 0 Å². The minimum atomic E-state index is 0.261. The molecule has 0 saturated heterocycles. The van der Waals surface area contributed by atoms with Gasteiger partial charge in [0.2, 0.25) is 5.89 Å². The Morgan fingerprint density at radius 3 is 2.63 bits per heavy atom. The minimum Gasteiger partial charge on any atom is -0.447 e. The number of rotatable bonds is 4. The van der Waals surface area contributed by atoms with E-state index in [4.69, 9.17) is 8.83 Å². The summed E-state index contributed by atoms with van der Waals surface area (Å²) in [6.45, 7) is 0. The lowest BCUT2D eigenvalue weighted by atomic mass is 10.3. The second-order valence-electron chi connectivity index (χ2n) is 3.49. The Kier molecular flexibility index (Phi) is 3.11. The van der Waals surface area contributed by atoms with Crippen LogP contribution in [0.15, 0.2) is 55.8 Å². The lowest BCUT2D eigenvalue weighted by Gasteiger charge is -1.91. The summed E-state index contributed by atoms with van der Waals surface area (Å²) in [6.07, 6.45) is 3.94. The number of hydrogen-bond acceptors (Lipinski definition) is 7. The number of furan rings is 1. The van der Waals surface area contributed by atoms with Gasteiger partial charge in [0.15, 0.2) is 17.1 Å². The first-order valence-electron chi connectivity index (χ1n) is 5.32. The molecule has 0 N–H and O–H groups in total. The van der Waals surface area contributed by atoms with Gasteiger partial charge >= 0.3 is 0 Å². The first-order valence-corrected chi connectivity index (χ1v) is 6.13. The molecule has 0 unspecified atom stereocenters. The Labute approximate surface area is 111 Å². The SMILES string of the molecule is O=Cc1ccc(Sc2nnc(-c3ccncc3)o2)o1. The van der Waals surface area contributed by atoms with Crippen LogP contribution in [0.25, 0.3) is 11.5 Å². The van der Waals surface area contributed by atoms with Crippen molar-refractivity contribution in [1.82, 2.24) is 15.2 Å². The third-order valence-corrected chi connectivity index (χ3v) is 3.00. The number of hydrogen-bond donors (Lipinski definition) is 0. The third-order valence-electron chi connectivity index (χ3n) is 2.24. The van der Waals surface area contributed by atoms with Crippen molar-refractivity contribution in [3.05, 3.63) is 42.4 Å². The summed E-state index contributed by atoms with van der Waals surface area (Å²) in [5.74, 6) is 0.670. The molecular formula is C12H7N3O3S. The van der Waals surface area contributed by atoms with Crippen molar-refractivity contribution >= 4 is 18.0 Å². The Hall–Kier alpha value is -2.41. The van der Waals surface area contributed by atoms with Gasteiger partial charge in [0.25, 0.3) is 5.22 Å². The molecule has 3 rings (SSSR count). The van der Waals surface area contributed by atoms with Gasteiger partial charge < -0.3 is 8.83 Å². The molecule has 0 spiro atoms. The van der Waals surface area contributed by atoms with Gasteiger partial charge in [0.1, 0.15) is 0 Å². The lowest BCUT2D eigenvalue weighted by Crippen LogP contribution is -1.77. The molecule has 6 nitrogen and oxygen atoms in total. The molecule has 0 aliphatic carbocycles. The number of aromatic nitrogens is 3. The number of aldehydes is 1. The highest BCUT2D eigenvalue weighted by atomic mass is 32.2. The van der Waals surface area contributed by atoms with E-state index in [1.165, 1.54) is 0 Å².